The van der Waals surface area contributed by atoms with Gasteiger partial charge in [0.2, 0.25) is 0 Å². The van der Waals surface area contributed by atoms with Crippen molar-refractivity contribution in [2.75, 3.05) is 18.4 Å². The fourth-order valence-corrected chi connectivity index (χ4v) is 4.09. The molecule has 0 radical (unpaired) electrons. The molecule has 0 unspecified atom stereocenters. The van der Waals surface area contributed by atoms with Gasteiger partial charge < -0.3 is 9.47 Å². The number of nitrogens with zero attached hydrogens (tertiary/aromatic N) is 1. The number of para-hydroxylation sites is 1. The van der Waals surface area contributed by atoms with Crippen molar-refractivity contribution in [3.8, 4) is 5.75 Å². The number of amides is 2. The monoisotopic (exact) mass is 473 g/mol. The fraction of sp³-hybridized carbons (Fsp3) is 0.304. The number of rotatable bonds is 5. The zero-order chi connectivity index (χ0) is 24.1. The van der Waals surface area contributed by atoms with Crippen LogP contribution in [0, 0.1) is 0 Å². The van der Waals surface area contributed by atoms with Crippen LogP contribution in [0.3, 0.4) is 0 Å². The Morgan fingerprint density at radius 3 is 2.21 bits per heavy atom. The van der Waals surface area contributed by atoms with Gasteiger partial charge in [-0.25, -0.2) is 14.3 Å². The molecule has 0 fully saturated rings. The van der Waals surface area contributed by atoms with Gasteiger partial charge in [-0.1, -0.05) is 36.4 Å². The molecule has 0 spiro atoms. The maximum atomic E-state index is 12.4. The van der Waals surface area contributed by atoms with E-state index in [1.165, 1.54) is 4.31 Å². The highest BCUT2D eigenvalue weighted by Gasteiger charge is 2.28. The van der Waals surface area contributed by atoms with Gasteiger partial charge in [0.25, 0.3) is 0 Å². The van der Waals surface area contributed by atoms with Crippen LogP contribution in [0.5, 0.6) is 5.75 Å². The van der Waals surface area contributed by atoms with Crippen LogP contribution in [0.1, 0.15) is 32.8 Å². The summed E-state index contributed by atoms with van der Waals surface area (Å²) in [6.45, 7) is 5.30. The summed E-state index contributed by atoms with van der Waals surface area (Å²) in [6, 6.07) is 15.9. The van der Waals surface area contributed by atoms with Gasteiger partial charge in [0.15, 0.2) is 0 Å². The van der Waals surface area contributed by atoms with E-state index in [-0.39, 0.29) is 13.1 Å². The first-order valence-corrected chi connectivity index (χ1v) is 11.8. The average Bonchev–Trinajstić information content (AvgIpc) is 2.73. The molecule has 2 aromatic rings. The highest BCUT2D eigenvalue weighted by molar-refractivity contribution is 7.87. The number of carbonyl (C=O) groups excluding carboxylic acids is 2. The van der Waals surface area contributed by atoms with E-state index in [4.69, 9.17) is 9.47 Å². The highest BCUT2D eigenvalue weighted by atomic mass is 32.2. The van der Waals surface area contributed by atoms with Gasteiger partial charge in [-0.2, -0.15) is 12.7 Å². The number of ether oxygens (including phenoxy) is 2. The Kier molecular flexibility index (Phi) is 7.39. The normalized spacial score (nSPS) is 14.7. The van der Waals surface area contributed by atoms with Gasteiger partial charge in [-0.15, -0.1) is 0 Å². The molecule has 0 saturated heterocycles. The van der Waals surface area contributed by atoms with Crippen molar-refractivity contribution < 1.29 is 27.5 Å². The minimum Gasteiger partial charge on any atom is -0.443 e. The molecular weight excluding hydrogens is 446 g/mol. The highest BCUT2D eigenvalue weighted by Crippen LogP contribution is 2.25. The molecule has 33 heavy (non-hydrogen) atoms. The van der Waals surface area contributed by atoms with Crippen molar-refractivity contribution in [1.29, 1.82) is 0 Å². The minimum atomic E-state index is -4.00. The zero-order valence-electron chi connectivity index (χ0n) is 18.7. The molecule has 0 aliphatic carbocycles. The third-order valence-corrected chi connectivity index (χ3v) is 6.01. The predicted octanol–water partition coefficient (Wildman–Crippen LogP) is 4.16. The lowest BCUT2D eigenvalue weighted by Gasteiger charge is -2.27. The Bertz CT molecular complexity index is 1120. The second-order valence-corrected chi connectivity index (χ2v) is 10.0. The average molecular weight is 474 g/mol. The molecule has 1 aliphatic rings. The SMILES string of the molecule is CC(C)(C)OC(=O)NS(=O)(=O)N1CC=C(c2ccc(NC(=O)Oc3ccccc3)cc2)CC1. The molecule has 1 aliphatic heterocycles. The lowest BCUT2D eigenvalue weighted by atomic mass is 10.0. The summed E-state index contributed by atoms with van der Waals surface area (Å²) in [4.78, 5) is 23.8. The predicted molar refractivity (Wildman–Crippen MR) is 125 cm³/mol. The van der Waals surface area contributed by atoms with E-state index in [9.17, 15) is 18.0 Å². The molecule has 0 bridgehead atoms. The molecule has 176 valence electrons. The number of carbonyl (C=O) groups is 2. The number of hydrogen-bond acceptors (Lipinski definition) is 6. The second kappa shape index (κ2) is 10.1. The Labute approximate surface area is 193 Å². The van der Waals surface area contributed by atoms with Crippen LogP contribution in [0.4, 0.5) is 15.3 Å². The van der Waals surface area contributed by atoms with Crippen molar-refractivity contribution in [2.45, 2.75) is 32.8 Å². The molecular formula is C23H27N3O6S. The Morgan fingerprint density at radius 1 is 0.970 bits per heavy atom. The van der Waals surface area contributed by atoms with Gasteiger partial charge >= 0.3 is 22.4 Å². The third-order valence-electron chi connectivity index (χ3n) is 4.58. The topological polar surface area (TPSA) is 114 Å². The maximum Gasteiger partial charge on any atom is 0.422 e. The summed E-state index contributed by atoms with van der Waals surface area (Å²) in [5, 5.41) is 2.66. The lowest BCUT2D eigenvalue weighted by Crippen LogP contribution is -2.46. The largest absolute Gasteiger partial charge is 0.443 e. The quantitative estimate of drug-likeness (QED) is 0.674. The Balaban J connectivity index is 1.56. The number of nitrogens with one attached hydrogen (secondary N) is 2. The van der Waals surface area contributed by atoms with E-state index in [2.05, 4.69) is 5.32 Å². The van der Waals surface area contributed by atoms with Crippen LogP contribution in [-0.2, 0) is 14.9 Å². The molecule has 9 nitrogen and oxygen atoms in total. The minimum absolute atomic E-state index is 0.122. The van der Waals surface area contributed by atoms with Gasteiger partial charge in [0, 0.05) is 18.8 Å². The molecule has 0 aromatic heterocycles. The molecule has 2 aromatic carbocycles. The standard InChI is InChI=1S/C23H27N3O6S/c1-23(2,3)32-22(28)25-33(29,30)26-15-13-18(14-16-26)17-9-11-19(12-10-17)24-21(27)31-20-7-5-4-6-8-20/h4-13H,14-16H2,1-3H3,(H,24,27)(H,25,28). The van der Waals surface area contributed by atoms with Crippen molar-refractivity contribution in [2.24, 2.45) is 0 Å². The van der Waals surface area contributed by atoms with Gasteiger partial charge in [-0.05, 0) is 62.6 Å². The summed E-state index contributed by atoms with van der Waals surface area (Å²) >= 11 is 0. The van der Waals surface area contributed by atoms with Crippen molar-refractivity contribution in [3.05, 3.63) is 66.2 Å². The van der Waals surface area contributed by atoms with E-state index in [1.54, 1.807) is 63.2 Å². The van der Waals surface area contributed by atoms with Crippen LogP contribution in [0.25, 0.3) is 5.57 Å². The lowest BCUT2D eigenvalue weighted by molar-refractivity contribution is 0.0567. The van der Waals surface area contributed by atoms with Crippen molar-refractivity contribution in [3.63, 3.8) is 0 Å². The van der Waals surface area contributed by atoms with Crippen molar-refractivity contribution >= 4 is 33.7 Å². The number of hydrogen-bond donors (Lipinski definition) is 2. The maximum absolute atomic E-state index is 12.4. The molecule has 0 saturated carbocycles. The van der Waals surface area contributed by atoms with Gasteiger partial charge in [0.1, 0.15) is 11.4 Å². The first kappa shape index (κ1) is 24.3. The van der Waals surface area contributed by atoms with E-state index in [1.807, 2.05) is 22.9 Å². The summed E-state index contributed by atoms with van der Waals surface area (Å²) in [7, 11) is -4.00. The summed E-state index contributed by atoms with van der Waals surface area (Å²) in [5.41, 5.74) is 1.65. The van der Waals surface area contributed by atoms with E-state index < -0.39 is 28.0 Å². The molecule has 2 amide bonds. The van der Waals surface area contributed by atoms with Crippen LogP contribution in [0.2, 0.25) is 0 Å². The summed E-state index contributed by atoms with van der Waals surface area (Å²) in [5.74, 6) is 0.444. The molecule has 10 heteroatoms. The van der Waals surface area contributed by atoms with Crippen LogP contribution in [0.15, 0.2) is 60.7 Å². The van der Waals surface area contributed by atoms with Crippen molar-refractivity contribution in [1.82, 2.24) is 9.03 Å². The molecule has 3 rings (SSSR count). The van der Waals surface area contributed by atoms with Crippen LogP contribution >= 0.6 is 0 Å². The summed E-state index contributed by atoms with van der Waals surface area (Å²) in [6.07, 6.45) is 0.664. The zero-order valence-corrected chi connectivity index (χ0v) is 19.5. The van der Waals surface area contributed by atoms with Gasteiger partial charge in [0.05, 0.1) is 0 Å². The smallest absolute Gasteiger partial charge is 0.422 e. The number of anilines is 1. The second-order valence-electron chi connectivity index (χ2n) is 8.35. The van der Waals surface area contributed by atoms with E-state index >= 15 is 0 Å². The molecule has 2 N–H and O–H groups in total. The third kappa shape index (κ3) is 7.33. The van der Waals surface area contributed by atoms with Crippen LogP contribution in [-0.4, -0.2) is 43.6 Å². The first-order chi connectivity index (χ1) is 15.5. The first-order valence-electron chi connectivity index (χ1n) is 10.4. The molecule has 0 atom stereocenters. The van der Waals surface area contributed by atoms with E-state index in [0.717, 1.165) is 11.1 Å². The summed E-state index contributed by atoms with van der Waals surface area (Å²) < 4.78 is 38.2. The Hall–Kier alpha value is -3.37. The van der Waals surface area contributed by atoms with Gasteiger partial charge in [-0.3, -0.25) is 5.32 Å². The van der Waals surface area contributed by atoms with E-state index in [0.29, 0.717) is 17.9 Å². The fourth-order valence-electron chi connectivity index (χ4n) is 3.11. The number of benzene rings is 2. The van der Waals surface area contributed by atoms with Crippen LogP contribution < -0.4 is 14.8 Å². The molecule has 1 heterocycles. The Morgan fingerprint density at radius 2 is 1.64 bits per heavy atom.